The van der Waals surface area contributed by atoms with Crippen LogP contribution in [0.4, 0.5) is 0 Å². The molecule has 0 saturated carbocycles. The number of aryl methyl sites for hydroxylation is 3. The maximum Gasteiger partial charge on any atom is 0.267 e. The third-order valence-electron chi connectivity index (χ3n) is 5.67. The number of hydrogen-bond donors (Lipinski definition) is 1. The van der Waals surface area contributed by atoms with Gasteiger partial charge in [0.05, 0.1) is 11.1 Å². The van der Waals surface area contributed by atoms with Crippen LogP contribution in [-0.4, -0.2) is 41.0 Å². The van der Waals surface area contributed by atoms with Crippen molar-refractivity contribution in [2.24, 2.45) is 0 Å². The predicted molar refractivity (Wildman–Crippen MR) is 126 cm³/mol. The molecule has 168 valence electrons. The number of carbonyl (C=O) groups excluding carboxylic acids is 1. The zero-order valence-corrected chi connectivity index (χ0v) is 18.7. The van der Waals surface area contributed by atoms with Gasteiger partial charge in [-0.1, -0.05) is 13.0 Å². The number of pyridine rings is 1. The molecule has 0 aliphatic rings. The van der Waals surface area contributed by atoms with E-state index in [-0.39, 0.29) is 11.5 Å². The summed E-state index contributed by atoms with van der Waals surface area (Å²) in [7, 11) is 0. The zero-order valence-electron chi connectivity index (χ0n) is 18.7. The molecule has 0 bridgehead atoms. The first-order valence-electron chi connectivity index (χ1n) is 11.1. The van der Waals surface area contributed by atoms with Crippen molar-refractivity contribution in [2.75, 3.05) is 6.54 Å². The summed E-state index contributed by atoms with van der Waals surface area (Å²) in [4.78, 5) is 35.0. The molecule has 9 heteroatoms. The summed E-state index contributed by atoms with van der Waals surface area (Å²) >= 11 is 0. The molecular weight excluding hydrogens is 418 g/mol. The van der Waals surface area contributed by atoms with Gasteiger partial charge in [0.15, 0.2) is 5.65 Å². The topological polar surface area (TPSA) is 98.6 Å². The zero-order chi connectivity index (χ0) is 22.9. The van der Waals surface area contributed by atoms with Crippen molar-refractivity contribution in [1.82, 2.24) is 33.9 Å². The number of amides is 1. The minimum atomic E-state index is -0.203. The summed E-state index contributed by atoms with van der Waals surface area (Å²) in [5, 5.41) is 7.84. The van der Waals surface area contributed by atoms with E-state index in [9.17, 15) is 9.59 Å². The molecule has 0 aliphatic heterocycles. The quantitative estimate of drug-likeness (QED) is 0.390. The first-order valence-corrected chi connectivity index (χ1v) is 11.1. The fraction of sp³-hybridized carbons (Fsp3) is 0.292. The SMILES string of the molecule is CCCn1c(C(=O)NCCCc2cnc3cc(C)nn3c2)cc2c(=O)n3ccccc3nc21. The van der Waals surface area contributed by atoms with Gasteiger partial charge in [-0.15, -0.1) is 0 Å². The normalized spacial score (nSPS) is 11.6. The van der Waals surface area contributed by atoms with Crippen molar-refractivity contribution in [1.29, 1.82) is 0 Å². The average Bonchev–Trinajstić information content (AvgIpc) is 3.36. The second-order valence-corrected chi connectivity index (χ2v) is 8.17. The van der Waals surface area contributed by atoms with Crippen molar-refractivity contribution in [3.8, 4) is 0 Å². The lowest BCUT2D eigenvalue weighted by molar-refractivity contribution is 0.0944. The summed E-state index contributed by atoms with van der Waals surface area (Å²) in [6, 6.07) is 9.02. The summed E-state index contributed by atoms with van der Waals surface area (Å²) in [5.74, 6) is -0.203. The van der Waals surface area contributed by atoms with Gasteiger partial charge < -0.3 is 9.88 Å². The summed E-state index contributed by atoms with van der Waals surface area (Å²) in [6.45, 7) is 5.09. The number of nitrogens with zero attached hydrogens (tertiary/aromatic N) is 6. The Labute approximate surface area is 189 Å². The number of nitrogens with one attached hydrogen (secondary N) is 1. The van der Waals surface area contributed by atoms with E-state index < -0.39 is 0 Å². The molecule has 0 unspecified atom stereocenters. The average molecular weight is 444 g/mol. The molecule has 0 saturated heterocycles. The van der Waals surface area contributed by atoms with Gasteiger partial charge >= 0.3 is 0 Å². The monoisotopic (exact) mass is 443 g/mol. The molecule has 5 rings (SSSR count). The van der Waals surface area contributed by atoms with Gasteiger partial charge in [0.1, 0.15) is 17.0 Å². The van der Waals surface area contributed by atoms with E-state index in [1.165, 1.54) is 4.40 Å². The molecule has 0 radical (unpaired) electrons. The van der Waals surface area contributed by atoms with E-state index in [4.69, 9.17) is 0 Å². The highest BCUT2D eigenvalue weighted by Gasteiger charge is 2.19. The molecular formula is C24H25N7O2. The van der Waals surface area contributed by atoms with Crippen LogP contribution < -0.4 is 10.9 Å². The summed E-state index contributed by atoms with van der Waals surface area (Å²) < 4.78 is 5.13. The Hall–Kier alpha value is -4.01. The van der Waals surface area contributed by atoms with E-state index in [0.29, 0.717) is 35.5 Å². The Morgan fingerprint density at radius 2 is 2.06 bits per heavy atom. The van der Waals surface area contributed by atoms with Gasteiger partial charge in [0.25, 0.3) is 11.5 Å². The number of rotatable bonds is 7. The lowest BCUT2D eigenvalue weighted by Crippen LogP contribution is -2.27. The van der Waals surface area contributed by atoms with Crippen LogP contribution in [-0.2, 0) is 13.0 Å². The third-order valence-corrected chi connectivity index (χ3v) is 5.67. The highest BCUT2D eigenvalue weighted by Crippen LogP contribution is 2.17. The number of aromatic nitrogens is 6. The predicted octanol–water partition coefficient (Wildman–Crippen LogP) is 2.77. The van der Waals surface area contributed by atoms with Crippen molar-refractivity contribution in [2.45, 2.75) is 39.7 Å². The molecule has 1 N–H and O–H groups in total. The van der Waals surface area contributed by atoms with Gasteiger partial charge in [-0.05, 0) is 49.9 Å². The number of fused-ring (bicyclic) bond motifs is 3. The maximum absolute atomic E-state index is 13.0. The van der Waals surface area contributed by atoms with Crippen LogP contribution in [0.5, 0.6) is 0 Å². The molecule has 33 heavy (non-hydrogen) atoms. The molecule has 9 nitrogen and oxygen atoms in total. The van der Waals surface area contributed by atoms with E-state index >= 15 is 0 Å². The largest absolute Gasteiger partial charge is 0.351 e. The Morgan fingerprint density at radius 3 is 2.91 bits per heavy atom. The lowest BCUT2D eigenvalue weighted by atomic mass is 10.2. The minimum absolute atomic E-state index is 0.170. The van der Waals surface area contributed by atoms with Crippen LogP contribution in [0.2, 0.25) is 0 Å². The molecule has 0 aromatic carbocycles. The van der Waals surface area contributed by atoms with Gasteiger partial charge in [0.2, 0.25) is 0 Å². The van der Waals surface area contributed by atoms with Crippen LogP contribution in [0.25, 0.3) is 22.3 Å². The molecule has 0 aliphatic carbocycles. The molecule has 5 heterocycles. The maximum atomic E-state index is 13.0. The first-order chi connectivity index (χ1) is 16.0. The number of hydrogen-bond acceptors (Lipinski definition) is 5. The lowest BCUT2D eigenvalue weighted by Gasteiger charge is -2.10. The minimum Gasteiger partial charge on any atom is -0.351 e. The van der Waals surface area contributed by atoms with Crippen LogP contribution in [0.1, 0.15) is 41.5 Å². The highest BCUT2D eigenvalue weighted by molar-refractivity contribution is 5.98. The first kappa shape index (κ1) is 20.9. The number of carbonyl (C=O) groups is 1. The van der Waals surface area contributed by atoms with E-state index in [1.54, 1.807) is 28.9 Å². The molecule has 0 atom stereocenters. The van der Waals surface area contributed by atoms with E-state index in [0.717, 1.165) is 36.2 Å². The van der Waals surface area contributed by atoms with Gasteiger partial charge in [-0.2, -0.15) is 5.10 Å². The van der Waals surface area contributed by atoms with E-state index in [2.05, 4.69) is 20.4 Å². The fourth-order valence-corrected chi connectivity index (χ4v) is 4.14. The van der Waals surface area contributed by atoms with Gasteiger partial charge in [-0.25, -0.2) is 14.5 Å². The summed E-state index contributed by atoms with van der Waals surface area (Å²) in [5.41, 5.74) is 4.21. The third kappa shape index (κ3) is 3.86. The van der Waals surface area contributed by atoms with Crippen molar-refractivity contribution in [3.05, 3.63) is 76.2 Å². The molecule has 0 fully saturated rings. The van der Waals surface area contributed by atoms with Crippen LogP contribution >= 0.6 is 0 Å². The smallest absolute Gasteiger partial charge is 0.267 e. The Bertz CT molecular complexity index is 1540. The second kappa shape index (κ2) is 8.50. The van der Waals surface area contributed by atoms with Crippen LogP contribution in [0.15, 0.2) is 53.7 Å². The molecule has 0 spiro atoms. The molecule has 1 amide bonds. The Kier molecular flexibility index (Phi) is 5.37. The van der Waals surface area contributed by atoms with Crippen LogP contribution in [0, 0.1) is 6.92 Å². The van der Waals surface area contributed by atoms with Crippen molar-refractivity contribution >= 4 is 28.2 Å². The molecule has 5 aromatic rings. The van der Waals surface area contributed by atoms with E-state index in [1.807, 2.05) is 42.9 Å². The van der Waals surface area contributed by atoms with Crippen LogP contribution in [0.3, 0.4) is 0 Å². The fourth-order valence-electron chi connectivity index (χ4n) is 4.14. The standard InChI is InChI=1S/C24H25N7O2/c1-3-10-29-19(13-18-22(29)27-20-8-4-5-11-30(20)24(18)33)23(32)25-9-6-7-17-14-26-21-12-16(2)28-31(21)15-17/h4-5,8,11-15H,3,6-7,9-10H2,1-2H3,(H,25,32). The van der Waals surface area contributed by atoms with Crippen molar-refractivity contribution in [3.63, 3.8) is 0 Å². The highest BCUT2D eigenvalue weighted by atomic mass is 16.2. The summed E-state index contributed by atoms with van der Waals surface area (Å²) in [6.07, 6.45) is 7.87. The van der Waals surface area contributed by atoms with Crippen molar-refractivity contribution < 1.29 is 4.79 Å². The van der Waals surface area contributed by atoms with Gasteiger partial charge in [0, 0.05) is 37.7 Å². The molecule has 5 aromatic heterocycles. The van der Waals surface area contributed by atoms with Gasteiger partial charge in [-0.3, -0.25) is 14.0 Å². The Morgan fingerprint density at radius 1 is 1.18 bits per heavy atom. The second-order valence-electron chi connectivity index (χ2n) is 8.17. The Balaban J connectivity index is 1.33.